The maximum Gasteiger partial charge on any atom is 0.317 e. The number of halogens is 1. The molecule has 2 heterocycles. The van der Waals surface area contributed by atoms with Crippen LogP contribution >= 0.6 is 27.3 Å². The van der Waals surface area contributed by atoms with Gasteiger partial charge in [-0.2, -0.15) is 0 Å². The number of aromatic nitrogens is 2. The SMILES string of the molecule is CC(C)CN(CC(=O)O)Cc1nnc(-c2ccc(Br)s2)o1. The van der Waals surface area contributed by atoms with E-state index in [0.29, 0.717) is 30.8 Å². The first-order valence-electron chi connectivity index (χ1n) is 6.46. The van der Waals surface area contributed by atoms with Crippen molar-refractivity contribution >= 4 is 33.2 Å². The Morgan fingerprint density at radius 3 is 2.81 bits per heavy atom. The van der Waals surface area contributed by atoms with Gasteiger partial charge >= 0.3 is 5.97 Å². The molecule has 0 unspecified atom stereocenters. The summed E-state index contributed by atoms with van der Waals surface area (Å²) in [5.41, 5.74) is 0. The molecule has 0 fully saturated rings. The zero-order valence-electron chi connectivity index (χ0n) is 11.7. The minimum atomic E-state index is -0.863. The van der Waals surface area contributed by atoms with Gasteiger partial charge in [0, 0.05) is 6.54 Å². The lowest BCUT2D eigenvalue weighted by atomic mass is 10.2. The zero-order valence-corrected chi connectivity index (χ0v) is 14.1. The van der Waals surface area contributed by atoms with Gasteiger partial charge in [0.2, 0.25) is 5.89 Å². The predicted octanol–water partition coefficient (Wildman–Crippen LogP) is 3.10. The molecule has 0 amide bonds. The lowest BCUT2D eigenvalue weighted by Crippen LogP contribution is -2.32. The second-order valence-electron chi connectivity index (χ2n) is 5.06. The van der Waals surface area contributed by atoms with Gasteiger partial charge in [-0.05, 0) is 34.0 Å². The molecule has 21 heavy (non-hydrogen) atoms. The van der Waals surface area contributed by atoms with E-state index in [0.717, 1.165) is 8.66 Å². The molecule has 0 saturated carbocycles. The Labute approximate surface area is 134 Å². The van der Waals surface area contributed by atoms with Crippen molar-refractivity contribution in [2.75, 3.05) is 13.1 Å². The third-order valence-electron chi connectivity index (χ3n) is 2.59. The number of hydrogen-bond acceptors (Lipinski definition) is 6. The summed E-state index contributed by atoms with van der Waals surface area (Å²) in [4.78, 5) is 13.6. The van der Waals surface area contributed by atoms with Crippen molar-refractivity contribution in [1.29, 1.82) is 0 Å². The van der Waals surface area contributed by atoms with Crippen molar-refractivity contribution < 1.29 is 14.3 Å². The van der Waals surface area contributed by atoms with Crippen molar-refractivity contribution in [3.63, 3.8) is 0 Å². The van der Waals surface area contributed by atoms with Crippen molar-refractivity contribution in [3.05, 3.63) is 21.8 Å². The van der Waals surface area contributed by atoms with E-state index in [4.69, 9.17) is 9.52 Å². The molecule has 6 nitrogen and oxygen atoms in total. The summed E-state index contributed by atoms with van der Waals surface area (Å²) in [5.74, 6) is 0.384. The molecule has 2 rings (SSSR count). The number of carbonyl (C=O) groups is 1. The minimum absolute atomic E-state index is 0.0412. The topological polar surface area (TPSA) is 79.5 Å². The Morgan fingerprint density at radius 1 is 1.48 bits per heavy atom. The van der Waals surface area contributed by atoms with Crippen LogP contribution in [0.15, 0.2) is 20.3 Å². The van der Waals surface area contributed by atoms with Crippen LogP contribution in [-0.2, 0) is 11.3 Å². The second-order valence-corrected chi connectivity index (χ2v) is 7.52. The highest BCUT2D eigenvalue weighted by molar-refractivity contribution is 9.11. The molecule has 0 aliphatic rings. The lowest BCUT2D eigenvalue weighted by molar-refractivity contribution is -0.138. The minimum Gasteiger partial charge on any atom is -0.480 e. The van der Waals surface area contributed by atoms with Crippen molar-refractivity contribution in [2.24, 2.45) is 5.92 Å². The fourth-order valence-corrected chi connectivity index (χ4v) is 3.24. The molecule has 1 N–H and O–H groups in total. The van der Waals surface area contributed by atoms with Gasteiger partial charge in [0.1, 0.15) is 0 Å². The molecule has 2 aromatic heterocycles. The van der Waals surface area contributed by atoms with Crippen LogP contribution in [0.3, 0.4) is 0 Å². The van der Waals surface area contributed by atoms with Crippen molar-refractivity contribution in [2.45, 2.75) is 20.4 Å². The first-order valence-corrected chi connectivity index (χ1v) is 8.07. The largest absolute Gasteiger partial charge is 0.480 e. The molecule has 0 aromatic carbocycles. The van der Waals surface area contributed by atoms with Crippen LogP contribution in [0.1, 0.15) is 19.7 Å². The molecule has 114 valence electrons. The van der Waals surface area contributed by atoms with Gasteiger partial charge in [0.15, 0.2) is 0 Å². The molecule has 8 heteroatoms. The number of aliphatic carboxylic acids is 1. The van der Waals surface area contributed by atoms with Crippen LogP contribution in [0.2, 0.25) is 0 Å². The highest BCUT2D eigenvalue weighted by Gasteiger charge is 2.17. The Hall–Kier alpha value is -1.25. The maximum absolute atomic E-state index is 10.9. The van der Waals surface area contributed by atoms with E-state index in [1.54, 1.807) is 4.90 Å². The number of nitrogens with zero attached hydrogens (tertiary/aromatic N) is 3. The second kappa shape index (κ2) is 7.15. The molecule has 0 aliphatic heterocycles. The van der Waals surface area contributed by atoms with E-state index in [1.807, 2.05) is 26.0 Å². The molecule has 2 aromatic rings. The Balaban J connectivity index is 2.07. The molecule has 0 aliphatic carbocycles. The monoisotopic (exact) mass is 373 g/mol. The van der Waals surface area contributed by atoms with E-state index < -0.39 is 5.97 Å². The molecule has 0 atom stereocenters. The fraction of sp³-hybridized carbons (Fsp3) is 0.462. The van der Waals surface area contributed by atoms with Crippen LogP contribution in [-0.4, -0.2) is 39.3 Å². The molecule has 0 radical (unpaired) electrons. The quantitative estimate of drug-likeness (QED) is 0.802. The van der Waals surface area contributed by atoms with E-state index in [9.17, 15) is 4.79 Å². The smallest absolute Gasteiger partial charge is 0.317 e. The van der Waals surface area contributed by atoms with Crippen LogP contribution in [0.5, 0.6) is 0 Å². The van der Waals surface area contributed by atoms with Crippen LogP contribution < -0.4 is 0 Å². The molecular weight excluding hydrogens is 358 g/mol. The Kier molecular flexibility index (Phi) is 5.49. The van der Waals surface area contributed by atoms with Crippen molar-refractivity contribution in [3.8, 4) is 10.8 Å². The molecular formula is C13H16BrN3O3S. The normalized spacial score (nSPS) is 11.5. The summed E-state index contributed by atoms with van der Waals surface area (Å²) < 4.78 is 6.60. The molecule has 0 spiro atoms. The first-order chi connectivity index (χ1) is 9.94. The van der Waals surface area contributed by atoms with Crippen molar-refractivity contribution in [1.82, 2.24) is 15.1 Å². The van der Waals surface area contributed by atoms with Gasteiger partial charge in [-0.3, -0.25) is 9.69 Å². The van der Waals surface area contributed by atoms with Gasteiger partial charge in [-0.1, -0.05) is 13.8 Å². The summed E-state index contributed by atoms with van der Waals surface area (Å²) in [6.45, 7) is 5.04. The summed E-state index contributed by atoms with van der Waals surface area (Å²) in [6.07, 6.45) is 0. The summed E-state index contributed by atoms with van der Waals surface area (Å²) in [6, 6.07) is 3.81. The lowest BCUT2D eigenvalue weighted by Gasteiger charge is -2.20. The number of rotatable bonds is 7. The first kappa shape index (κ1) is 16.1. The predicted molar refractivity (Wildman–Crippen MR) is 83.1 cm³/mol. The number of thiophene rings is 1. The number of carboxylic acid groups (broad SMARTS) is 1. The van der Waals surface area contributed by atoms with E-state index in [1.165, 1.54) is 11.3 Å². The average Bonchev–Trinajstić information content (AvgIpc) is 2.96. The molecule has 0 saturated heterocycles. The third-order valence-corrected chi connectivity index (χ3v) is 4.20. The van der Waals surface area contributed by atoms with Crippen LogP contribution in [0.25, 0.3) is 10.8 Å². The van der Waals surface area contributed by atoms with Gasteiger partial charge in [0.25, 0.3) is 5.89 Å². The van der Waals surface area contributed by atoms with Crippen LogP contribution in [0.4, 0.5) is 0 Å². The van der Waals surface area contributed by atoms with Gasteiger partial charge < -0.3 is 9.52 Å². The summed E-state index contributed by atoms with van der Waals surface area (Å²) in [5, 5.41) is 17.0. The van der Waals surface area contributed by atoms with Gasteiger partial charge in [-0.15, -0.1) is 21.5 Å². The van der Waals surface area contributed by atoms with E-state index >= 15 is 0 Å². The molecule has 0 bridgehead atoms. The van der Waals surface area contributed by atoms with Gasteiger partial charge in [-0.25, -0.2) is 0 Å². The maximum atomic E-state index is 10.9. The highest BCUT2D eigenvalue weighted by atomic mass is 79.9. The fourth-order valence-electron chi connectivity index (χ4n) is 1.93. The third kappa shape index (κ3) is 4.90. The number of carboxylic acids is 1. The number of hydrogen-bond donors (Lipinski definition) is 1. The summed E-state index contributed by atoms with van der Waals surface area (Å²) in [7, 11) is 0. The standard InChI is InChI=1S/C13H16BrN3O3S/c1-8(2)5-17(7-12(18)19)6-11-15-16-13(20-11)9-3-4-10(14)21-9/h3-4,8H,5-7H2,1-2H3,(H,18,19). The zero-order chi connectivity index (χ0) is 15.4. The average molecular weight is 374 g/mol. The van der Waals surface area contributed by atoms with Crippen LogP contribution in [0, 0.1) is 5.92 Å². The Morgan fingerprint density at radius 2 is 2.24 bits per heavy atom. The van der Waals surface area contributed by atoms with E-state index in [-0.39, 0.29) is 6.54 Å². The highest BCUT2D eigenvalue weighted by Crippen LogP contribution is 2.30. The van der Waals surface area contributed by atoms with Gasteiger partial charge in [0.05, 0.1) is 21.8 Å². The Bertz CT molecular complexity index is 611. The summed E-state index contributed by atoms with van der Waals surface area (Å²) >= 11 is 4.89. The van der Waals surface area contributed by atoms with E-state index in [2.05, 4.69) is 26.1 Å².